The van der Waals surface area contributed by atoms with Crippen LogP contribution in [0.4, 0.5) is 0 Å². The van der Waals surface area contributed by atoms with Crippen LogP contribution in [0.25, 0.3) is 0 Å². The van der Waals surface area contributed by atoms with Crippen LogP contribution in [-0.2, 0) is 52.8 Å². The Morgan fingerprint density at radius 3 is 1.74 bits per heavy atom. The smallest absolute Gasteiger partial charge is 0.243 e. The molecule has 0 aliphatic heterocycles. The molecule has 336 valence electrons. The average molecular weight is 863 g/mol. The molecule has 22 nitrogen and oxygen atoms in total. The summed E-state index contributed by atoms with van der Waals surface area (Å²) in [6, 6.07) is 8.36. The number of phenols is 1. The first-order valence-corrected chi connectivity index (χ1v) is 20.0. The van der Waals surface area contributed by atoms with E-state index in [1.54, 1.807) is 30.3 Å². The van der Waals surface area contributed by atoms with Crippen LogP contribution in [-0.4, -0.2) is 119 Å². The summed E-state index contributed by atoms with van der Waals surface area (Å²) in [5.41, 5.74) is 29.2. The van der Waals surface area contributed by atoms with Crippen molar-refractivity contribution in [3.63, 3.8) is 0 Å². The largest absolute Gasteiger partial charge is 0.508 e. The van der Waals surface area contributed by atoms with E-state index in [0.717, 1.165) is 0 Å². The van der Waals surface area contributed by atoms with Crippen molar-refractivity contribution in [3.8, 4) is 5.75 Å². The van der Waals surface area contributed by atoms with Crippen molar-refractivity contribution < 1.29 is 38.7 Å². The number of aromatic nitrogens is 2. The van der Waals surface area contributed by atoms with E-state index in [1.165, 1.54) is 36.8 Å². The second-order valence-corrected chi connectivity index (χ2v) is 14.3. The first-order chi connectivity index (χ1) is 29.7. The number of nitrogens with one attached hydrogen (secondary N) is 7. The monoisotopic (exact) mass is 862 g/mol. The van der Waals surface area contributed by atoms with Crippen molar-refractivity contribution >= 4 is 47.3 Å². The lowest BCUT2D eigenvalue weighted by Gasteiger charge is -2.27. The lowest BCUT2D eigenvalue weighted by molar-refractivity contribution is -0.135. The number of imidazole rings is 1. The summed E-state index contributed by atoms with van der Waals surface area (Å²) in [6.45, 7) is -0.398. The topological polar surface area (TPSA) is 383 Å². The van der Waals surface area contributed by atoms with E-state index in [4.69, 9.17) is 28.7 Å². The Bertz CT molecular complexity index is 1940. The Labute approximate surface area is 358 Å². The maximum Gasteiger partial charge on any atom is 0.243 e. The third-order valence-electron chi connectivity index (χ3n) is 9.37. The van der Waals surface area contributed by atoms with Crippen LogP contribution in [0.1, 0.15) is 48.9 Å². The number of aliphatic imine (C=N–C) groups is 1. The number of unbranched alkanes of at least 4 members (excludes halogenated alkanes) is 1. The van der Waals surface area contributed by atoms with Crippen LogP contribution in [0.5, 0.6) is 5.75 Å². The SMILES string of the molecule is NCCCC[C@@H](NC(=O)[C@@H](Cc1ccccc1)NC(=O)[C@@H](CCCN=C(N)N)NC(=O)[C@@H](Cc1ccc(O)cc1)NC(=O)[C@@H](Cc1cnc[nH]1)NC(=O)CNC(=O)CN)C(N)=O. The average Bonchev–Trinajstić information content (AvgIpc) is 3.76. The molecule has 7 amide bonds. The van der Waals surface area contributed by atoms with Gasteiger partial charge in [0, 0.05) is 37.7 Å². The van der Waals surface area contributed by atoms with E-state index in [0.29, 0.717) is 36.2 Å². The van der Waals surface area contributed by atoms with Gasteiger partial charge in [-0.1, -0.05) is 42.5 Å². The van der Waals surface area contributed by atoms with E-state index in [-0.39, 0.29) is 63.3 Å². The van der Waals surface area contributed by atoms with Gasteiger partial charge in [-0.3, -0.25) is 38.6 Å². The van der Waals surface area contributed by atoms with E-state index in [2.05, 4.69) is 46.9 Å². The van der Waals surface area contributed by atoms with Crippen molar-refractivity contribution in [1.29, 1.82) is 0 Å². The predicted octanol–water partition coefficient (Wildman–Crippen LogP) is -3.69. The third kappa shape index (κ3) is 18.0. The lowest BCUT2D eigenvalue weighted by Crippen LogP contribution is -2.60. The van der Waals surface area contributed by atoms with E-state index >= 15 is 0 Å². The first kappa shape index (κ1) is 49.3. The number of hydrogen-bond acceptors (Lipinski definition) is 12. The van der Waals surface area contributed by atoms with Gasteiger partial charge in [0.15, 0.2) is 5.96 Å². The van der Waals surface area contributed by atoms with Crippen LogP contribution >= 0.6 is 0 Å². The summed E-state index contributed by atoms with van der Waals surface area (Å²) in [5, 5.41) is 25.5. The Morgan fingerprint density at radius 2 is 1.19 bits per heavy atom. The van der Waals surface area contributed by atoms with Gasteiger partial charge in [-0.15, -0.1) is 0 Å². The summed E-state index contributed by atoms with van der Waals surface area (Å²) in [4.78, 5) is 104. The molecule has 0 bridgehead atoms. The maximum atomic E-state index is 14.3. The quantitative estimate of drug-likeness (QED) is 0.0200. The van der Waals surface area contributed by atoms with E-state index < -0.39 is 78.1 Å². The predicted molar refractivity (Wildman–Crippen MR) is 228 cm³/mol. The normalized spacial score (nSPS) is 13.2. The van der Waals surface area contributed by atoms with E-state index in [1.807, 2.05) is 0 Å². The van der Waals surface area contributed by atoms with Crippen LogP contribution in [0.2, 0.25) is 0 Å². The summed E-state index contributed by atoms with van der Waals surface area (Å²) in [6.07, 6.45) is 4.04. The fourth-order valence-electron chi connectivity index (χ4n) is 6.10. The molecule has 22 heteroatoms. The second-order valence-electron chi connectivity index (χ2n) is 14.3. The number of rotatable bonds is 27. The number of amides is 7. The highest BCUT2D eigenvalue weighted by Crippen LogP contribution is 2.13. The highest BCUT2D eigenvalue weighted by atomic mass is 16.3. The molecule has 3 aromatic rings. The Morgan fingerprint density at radius 1 is 0.645 bits per heavy atom. The minimum atomic E-state index is -1.38. The second kappa shape index (κ2) is 26.2. The van der Waals surface area contributed by atoms with Gasteiger partial charge >= 0.3 is 0 Å². The summed E-state index contributed by atoms with van der Waals surface area (Å²) in [7, 11) is 0. The number of hydrogen-bond donors (Lipinski definition) is 13. The highest BCUT2D eigenvalue weighted by molar-refractivity contribution is 5.97. The molecule has 0 aliphatic rings. The number of guanidine groups is 1. The van der Waals surface area contributed by atoms with Gasteiger partial charge in [0.1, 0.15) is 36.0 Å². The van der Waals surface area contributed by atoms with Crippen LogP contribution in [0.15, 0.2) is 72.1 Å². The number of phenolic OH excluding ortho intramolecular Hbond substituents is 1. The molecule has 0 saturated carbocycles. The Balaban J connectivity index is 1.94. The number of nitrogens with zero attached hydrogens (tertiary/aromatic N) is 2. The van der Waals surface area contributed by atoms with Gasteiger partial charge in [-0.25, -0.2) is 4.98 Å². The Kier molecular flexibility index (Phi) is 20.8. The molecule has 1 heterocycles. The molecule has 0 aliphatic carbocycles. The summed E-state index contributed by atoms with van der Waals surface area (Å²) >= 11 is 0. The highest BCUT2D eigenvalue weighted by Gasteiger charge is 2.33. The number of benzene rings is 2. The molecule has 0 fully saturated rings. The Hall–Kier alpha value is -7.07. The minimum Gasteiger partial charge on any atom is -0.508 e. The molecular weight excluding hydrogens is 805 g/mol. The fraction of sp³-hybridized carbons (Fsp3) is 0.425. The maximum absolute atomic E-state index is 14.3. The van der Waals surface area contributed by atoms with Gasteiger partial charge in [0.2, 0.25) is 41.4 Å². The summed E-state index contributed by atoms with van der Waals surface area (Å²) in [5.74, 6) is -5.45. The van der Waals surface area contributed by atoms with Gasteiger partial charge in [-0.05, 0) is 61.9 Å². The molecular formula is C40H58N14O8. The van der Waals surface area contributed by atoms with Crippen molar-refractivity contribution in [2.75, 3.05) is 26.2 Å². The van der Waals surface area contributed by atoms with Crippen molar-refractivity contribution in [2.24, 2.45) is 33.7 Å². The van der Waals surface area contributed by atoms with E-state index in [9.17, 15) is 38.7 Å². The van der Waals surface area contributed by atoms with Crippen molar-refractivity contribution in [3.05, 3.63) is 83.9 Å². The van der Waals surface area contributed by atoms with Gasteiger partial charge in [0.05, 0.1) is 19.4 Å². The number of nitrogens with two attached hydrogens (primary N) is 5. The molecule has 1 aromatic heterocycles. The van der Waals surface area contributed by atoms with Crippen LogP contribution in [0, 0.1) is 0 Å². The number of aromatic amines is 1. The molecule has 0 spiro atoms. The van der Waals surface area contributed by atoms with Gasteiger partial charge in [-0.2, -0.15) is 0 Å². The molecule has 18 N–H and O–H groups in total. The number of primary amides is 1. The van der Waals surface area contributed by atoms with Gasteiger partial charge in [0.25, 0.3) is 0 Å². The number of aromatic hydroxyl groups is 1. The number of H-pyrrole nitrogens is 1. The molecule has 0 saturated heterocycles. The van der Waals surface area contributed by atoms with Crippen LogP contribution in [0.3, 0.4) is 0 Å². The molecule has 62 heavy (non-hydrogen) atoms. The minimum absolute atomic E-state index is 0.000238. The number of carbonyl (C=O) groups excluding carboxylic acids is 7. The molecule has 0 radical (unpaired) electrons. The summed E-state index contributed by atoms with van der Waals surface area (Å²) < 4.78 is 0. The molecule has 5 atom stereocenters. The first-order valence-electron chi connectivity index (χ1n) is 20.0. The zero-order chi connectivity index (χ0) is 45.4. The number of carbonyl (C=O) groups is 7. The zero-order valence-corrected chi connectivity index (χ0v) is 34.3. The lowest BCUT2D eigenvalue weighted by atomic mass is 10.0. The van der Waals surface area contributed by atoms with Crippen molar-refractivity contribution in [2.45, 2.75) is 81.6 Å². The molecule has 3 rings (SSSR count). The van der Waals surface area contributed by atoms with Crippen molar-refractivity contribution in [1.82, 2.24) is 41.9 Å². The standard InChI is InChI=1S/C40H58N14O8/c41-15-5-4-9-28(35(43)58)51-37(60)30(17-24-7-2-1-3-8-24)53-36(59)29(10-6-16-47-40(44)45)52-38(61)31(18-25-11-13-27(55)14-12-25)54-39(62)32(19-26-21-46-23-49-26)50-34(57)22-48-33(56)20-42/h1-3,7-8,11-14,21,23,28-32,55H,4-6,9-10,15-20,22,41-42H2,(H2,43,58)(H,46,49)(H,48,56)(H,50,57)(H,51,60)(H,52,61)(H,53,59)(H,54,62)(H4,44,45,47)/t28-,29-,30-,31-,32-/m1/s1. The van der Waals surface area contributed by atoms with Gasteiger partial charge < -0.3 is 70.7 Å². The van der Waals surface area contributed by atoms with Crippen LogP contribution < -0.4 is 60.6 Å². The zero-order valence-electron chi connectivity index (χ0n) is 34.3. The molecule has 2 aromatic carbocycles. The third-order valence-corrected chi connectivity index (χ3v) is 9.37. The fourth-order valence-corrected chi connectivity index (χ4v) is 6.10. The molecule has 0 unspecified atom stereocenters.